The number of carbonyl (C=O) groups excluding carboxylic acids is 1. The molecular weight excluding hydrogens is 368 g/mol. The van der Waals surface area contributed by atoms with Gasteiger partial charge in [0.05, 0.1) is 15.5 Å². The van der Waals surface area contributed by atoms with E-state index in [9.17, 15) is 13.2 Å². The maximum Gasteiger partial charge on any atom is 0.252 e. The number of hydrogen-bond donors (Lipinski definition) is 2. The van der Waals surface area contributed by atoms with Crippen molar-refractivity contribution in [2.45, 2.75) is 24.2 Å². The zero-order chi connectivity index (χ0) is 14.9. The second kappa shape index (κ2) is 6.01. The third-order valence-corrected chi connectivity index (χ3v) is 5.26. The normalized spacial score (nSPS) is 15.2. The van der Waals surface area contributed by atoms with Gasteiger partial charge in [-0.2, -0.15) is 0 Å². The minimum absolute atomic E-state index is 0.0980. The Balaban J connectivity index is 2.20. The van der Waals surface area contributed by atoms with Crippen molar-refractivity contribution >= 4 is 43.5 Å². The summed E-state index contributed by atoms with van der Waals surface area (Å²) in [5.74, 6) is 0.301. The number of hydrogen-bond acceptors (Lipinski definition) is 3. The second-order valence-corrected chi connectivity index (χ2v) is 7.59. The topological polar surface area (TPSA) is 89.3 Å². The summed E-state index contributed by atoms with van der Waals surface area (Å²) in [4.78, 5) is 11.9. The molecule has 1 aromatic carbocycles. The third-order valence-electron chi connectivity index (χ3n) is 3.11. The van der Waals surface area contributed by atoms with Crippen LogP contribution < -0.4 is 10.5 Å². The van der Waals surface area contributed by atoms with Gasteiger partial charge in [0.25, 0.3) is 5.91 Å². The first-order chi connectivity index (χ1) is 9.29. The Kier molecular flexibility index (Phi) is 4.73. The third kappa shape index (κ3) is 3.94. The van der Waals surface area contributed by atoms with E-state index >= 15 is 0 Å². The van der Waals surface area contributed by atoms with Gasteiger partial charge in [0.15, 0.2) is 0 Å². The van der Waals surface area contributed by atoms with Gasteiger partial charge in [-0.1, -0.05) is 24.4 Å². The largest absolute Gasteiger partial charge is 0.352 e. The van der Waals surface area contributed by atoms with E-state index in [2.05, 4.69) is 21.2 Å². The summed E-state index contributed by atoms with van der Waals surface area (Å²) in [6.45, 7) is 0.553. The van der Waals surface area contributed by atoms with Gasteiger partial charge in [-0.3, -0.25) is 4.79 Å². The van der Waals surface area contributed by atoms with Crippen molar-refractivity contribution in [2.75, 3.05) is 6.54 Å². The van der Waals surface area contributed by atoms with Crippen molar-refractivity contribution in [3.63, 3.8) is 0 Å². The van der Waals surface area contributed by atoms with Gasteiger partial charge in [0.2, 0.25) is 10.0 Å². The van der Waals surface area contributed by atoms with Gasteiger partial charge >= 0.3 is 0 Å². The Morgan fingerprint density at radius 3 is 2.65 bits per heavy atom. The Bertz CT molecular complexity index is 644. The first-order valence-corrected chi connectivity index (χ1v) is 8.81. The molecule has 3 N–H and O–H groups in total. The number of benzene rings is 1. The quantitative estimate of drug-likeness (QED) is 0.820. The van der Waals surface area contributed by atoms with E-state index in [0.717, 1.165) is 6.42 Å². The van der Waals surface area contributed by atoms with Gasteiger partial charge in [0, 0.05) is 11.0 Å². The van der Waals surface area contributed by atoms with Crippen LogP contribution in [0.1, 0.15) is 29.6 Å². The zero-order valence-corrected chi connectivity index (χ0v) is 13.7. The van der Waals surface area contributed by atoms with Crippen LogP contribution in [0.25, 0.3) is 0 Å². The van der Waals surface area contributed by atoms with Gasteiger partial charge in [-0.15, -0.1) is 0 Å². The highest BCUT2D eigenvalue weighted by Crippen LogP contribution is 2.32. The Morgan fingerprint density at radius 1 is 1.45 bits per heavy atom. The Labute approximate surface area is 131 Å². The van der Waals surface area contributed by atoms with Crippen molar-refractivity contribution < 1.29 is 13.2 Å². The lowest BCUT2D eigenvalue weighted by Crippen LogP contribution is -2.25. The lowest BCUT2D eigenvalue weighted by atomic mass is 10.2. The van der Waals surface area contributed by atoms with Gasteiger partial charge in [-0.25, -0.2) is 13.6 Å². The molecule has 110 valence electrons. The van der Waals surface area contributed by atoms with E-state index in [1.807, 2.05) is 0 Å². The number of sulfonamides is 1. The first-order valence-electron chi connectivity index (χ1n) is 6.09. The number of halogens is 2. The molecule has 20 heavy (non-hydrogen) atoms. The van der Waals surface area contributed by atoms with E-state index < -0.39 is 15.9 Å². The molecule has 1 saturated carbocycles. The van der Waals surface area contributed by atoms with Crippen molar-refractivity contribution in [1.82, 2.24) is 5.32 Å². The number of amides is 1. The molecule has 5 nitrogen and oxygen atoms in total. The molecule has 0 spiro atoms. The summed E-state index contributed by atoms with van der Waals surface area (Å²) in [5, 5.41) is 7.97. The van der Waals surface area contributed by atoms with Crippen LogP contribution in [0.5, 0.6) is 0 Å². The summed E-state index contributed by atoms with van der Waals surface area (Å²) < 4.78 is 23.0. The van der Waals surface area contributed by atoms with E-state index in [0.29, 0.717) is 16.9 Å². The van der Waals surface area contributed by atoms with Gasteiger partial charge < -0.3 is 5.32 Å². The second-order valence-electron chi connectivity index (χ2n) is 4.80. The monoisotopic (exact) mass is 380 g/mol. The standard InChI is InChI=1S/C12H14BrClN2O3S/c13-10-6-8(20(15,18)19)5-9(11(10)14)12(17)16-4-3-7-1-2-7/h5-7H,1-4H2,(H,16,17)(H2,15,18,19). The van der Waals surface area contributed by atoms with Gasteiger partial charge in [-0.05, 0) is 40.4 Å². The number of nitrogens with two attached hydrogens (primary N) is 1. The first kappa shape index (κ1) is 15.8. The minimum atomic E-state index is -3.89. The highest BCUT2D eigenvalue weighted by atomic mass is 79.9. The van der Waals surface area contributed by atoms with Crippen molar-refractivity contribution in [3.05, 3.63) is 27.2 Å². The summed E-state index contributed by atoms with van der Waals surface area (Å²) in [6, 6.07) is 2.47. The maximum absolute atomic E-state index is 12.0. The zero-order valence-electron chi connectivity index (χ0n) is 10.5. The van der Waals surface area contributed by atoms with Crippen LogP contribution in [-0.4, -0.2) is 20.9 Å². The average Bonchev–Trinajstić information content (AvgIpc) is 3.15. The highest BCUT2D eigenvalue weighted by molar-refractivity contribution is 9.10. The number of primary sulfonamides is 1. The molecule has 0 radical (unpaired) electrons. The summed E-state index contributed by atoms with van der Waals surface area (Å²) in [6.07, 6.45) is 3.35. The molecule has 0 atom stereocenters. The molecule has 0 bridgehead atoms. The maximum atomic E-state index is 12.0. The number of rotatable bonds is 5. The predicted molar refractivity (Wildman–Crippen MR) is 80.2 cm³/mol. The minimum Gasteiger partial charge on any atom is -0.352 e. The molecule has 0 saturated heterocycles. The summed E-state index contributed by atoms with van der Waals surface area (Å²) in [5.41, 5.74) is 0.0980. The van der Waals surface area contributed by atoms with Crippen LogP contribution in [0.3, 0.4) is 0 Å². The van der Waals surface area contributed by atoms with E-state index in [4.69, 9.17) is 16.7 Å². The molecule has 1 aliphatic carbocycles. The van der Waals surface area contributed by atoms with Crippen LogP contribution >= 0.6 is 27.5 Å². The molecule has 0 aliphatic heterocycles. The van der Waals surface area contributed by atoms with Crippen molar-refractivity contribution in [2.24, 2.45) is 11.1 Å². The molecule has 1 fully saturated rings. The van der Waals surface area contributed by atoms with E-state index in [1.54, 1.807) is 0 Å². The summed E-state index contributed by atoms with van der Waals surface area (Å²) in [7, 11) is -3.89. The smallest absolute Gasteiger partial charge is 0.252 e. The van der Waals surface area contributed by atoms with Crippen LogP contribution in [-0.2, 0) is 10.0 Å². The number of carbonyl (C=O) groups is 1. The van der Waals surface area contributed by atoms with Crippen LogP contribution in [0.15, 0.2) is 21.5 Å². The Morgan fingerprint density at radius 2 is 2.10 bits per heavy atom. The molecule has 1 aromatic rings. The fourth-order valence-corrected chi connectivity index (χ4v) is 3.16. The van der Waals surface area contributed by atoms with Crippen molar-refractivity contribution in [3.8, 4) is 0 Å². The summed E-state index contributed by atoms with van der Waals surface area (Å²) >= 11 is 9.15. The molecule has 1 amide bonds. The highest BCUT2D eigenvalue weighted by Gasteiger charge is 2.22. The molecule has 0 unspecified atom stereocenters. The van der Waals surface area contributed by atoms with Crippen LogP contribution in [0.4, 0.5) is 0 Å². The lowest BCUT2D eigenvalue weighted by Gasteiger charge is -2.09. The fourth-order valence-electron chi connectivity index (χ4n) is 1.79. The molecule has 0 heterocycles. The molecule has 8 heteroatoms. The van der Waals surface area contributed by atoms with Gasteiger partial charge in [0.1, 0.15) is 0 Å². The number of nitrogens with one attached hydrogen (secondary N) is 1. The SMILES string of the molecule is NS(=O)(=O)c1cc(Br)c(Cl)c(C(=O)NCCC2CC2)c1. The molecule has 2 rings (SSSR count). The molecule has 1 aliphatic rings. The van der Waals surface area contributed by atoms with Crippen LogP contribution in [0, 0.1) is 5.92 Å². The lowest BCUT2D eigenvalue weighted by molar-refractivity contribution is 0.0952. The van der Waals surface area contributed by atoms with Crippen LogP contribution in [0.2, 0.25) is 5.02 Å². The van der Waals surface area contributed by atoms with E-state index in [1.165, 1.54) is 25.0 Å². The molecule has 0 aromatic heterocycles. The fraction of sp³-hybridized carbons (Fsp3) is 0.417. The predicted octanol–water partition coefficient (Wildman–Crippen LogP) is 2.28. The van der Waals surface area contributed by atoms with Crippen molar-refractivity contribution in [1.29, 1.82) is 0 Å². The van der Waals surface area contributed by atoms with E-state index in [-0.39, 0.29) is 15.5 Å². The molecular formula is C12H14BrClN2O3S. The average molecular weight is 382 g/mol. The Hall–Kier alpha value is -0.630.